The van der Waals surface area contributed by atoms with Crippen molar-refractivity contribution in [3.8, 4) is 16.9 Å². The number of rotatable bonds is 4. The molecule has 0 aliphatic carbocycles. The molecule has 0 saturated carbocycles. The van der Waals surface area contributed by atoms with E-state index < -0.39 is 0 Å². The fraction of sp³-hybridized carbons (Fsp3) is 0.333. The number of aromatic amines is 1. The predicted octanol–water partition coefficient (Wildman–Crippen LogP) is 2.90. The van der Waals surface area contributed by atoms with Gasteiger partial charge in [0.1, 0.15) is 5.82 Å². The number of H-pyrrole nitrogens is 1. The zero-order chi connectivity index (χ0) is 19.2. The van der Waals surface area contributed by atoms with Crippen molar-refractivity contribution in [1.29, 1.82) is 0 Å². The smallest absolute Gasteiger partial charge is 0.148 e. The fourth-order valence-electron chi connectivity index (χ4n) is 4.78. The average molecular weight is 386 g/mol. The van der Waals surface area contributed by atoms with E-state index in [-0.39, 0.29) is 0 Å². The molecule has 3 N–H and O–H groups in total. The van der Waals surface area contributed by atoms with Gasteiger partial charge in [-0.15, -0.1) is 10.2 Å². The molecule has 1 aromatic carbocycles. The molecule has 2 fully saturated rings. The first kappa shape index (κ1) is 16.7. The minimum atomic E-state index is 0.474. The highest BCUT2D eigenvalue weighted by molar-refractivity contribution is 5.97. The summed E-state index contributed by atoms with van der Waals surface area (Å²) in [6.07, 6.45) is 10.4. The predicted molar refractivity (Wildman–Crippen MR) is 111 cm³/mol. The molecule has 8 heteroatoms. The highest BCUT2D eigenvalue weighted by atomic mass is 15.3. The molecule has 29 heavy (non-hydrogen) atoms. The molecule has 4 aromatic rings. The molecule has 2 aliphatic rings. The summed E-state index contributed by atoms with van der Waals surface area (Å²) >= 11 is 0. The van der Waals surface area contributed by atoms with Crippen LogP contribution in [-0.2, 0) is 0 Å². The lowest BCUT2D eigenvalue weighted by atomic mass is 10.00. The van der Waals surface area contributed by atoms with E-state index >= 15 is 0 Å². The number of aromatic nitrogens is 6. The Kier molecular flexibility index (Phi) is 3.83. The normalized spacial score (nSPS) is 23.5. The lowest BCUT2D eigenvalue weighted by Gasteiger charge is -2.29. The lowest BCUT2D eigenvalue weighted by Crippen LogP contribution is -2.43. The molecule has 6 rings (SSSR count). The van der Waals surface area contributed by atoms with Crippen molar-refractivity contribution in [3.05, 3.63) is 48.9 Å². The number of hydrogen-bond donors (Lipinski definition) is 3. The molecule has 8 nitrogen and oxygen atoms in total. The molecule has 1 unspecified atom stereocenters. The highest BCUT2D eigenvalue weighted by Crippen LogP contribution is 2.31. The minimum absolute atomic E-state index is 0.474. The van der Waals surface area contributed by atoms with E-state index in [4.69, 9.17) is 0 Å². The summed E-state index contributed by atoms with van der Waals surface area (Å²) in [5.74, 6) is 0.842. The number of fused-ring (bicyclic) bond motifs is 3. The molecule has 146 valence electrons. The monoisotopic (exact) mass is 386 g/mol. The average Bonchev–Trinajstić information content (AvgIpc) is 3.49. The Hall–Kier alpha value is -3.26. The van der Waals surface area contributed by atoms with Gasteiger partial charge in [-0.05, 0) is 56.0 Å². The second-order valence-electron chi connectivity index (χ2n) is 8.00. The molecular weight excluding hydrogens is 364 g/mol. The van der Waals surface area contributed by atoms with Gasteiger partial charge in [0, 0.05) is 41.5 Å². The van der Waals surface area contributed by atoms with Crippen LogP contribution in [0.5, 0.6) is 0 Å². The van der Waals surface area contributed by atoms with Gasteiger partial charge in [0.15, 0.2) is 0 Å². The van der Waals surface area contributed by atoms with Crippen LogP contribution in [0.1, 0.15) is 25.7 Å². The SMILES string of the molecule is c1cnn(-c2ccc(-c3ccc(NC4C[C@H]5CC[C@@H](C4)N5)nn3)c3[nH]ncc23)c1. The Bertz CT molecular complexity index is 1120. The van der Waals surface area contributed by atoms with E-state index in [0.717, 1.165) is 46.5 Å². The van der Waals surface area contributed by atoms with Gasteiger partial charge >= 0.3 is 0 Å². The molecule has 3 atom stereocenters. The van der Waals surface area contributed by atoms with Crippen LogP contribution in [0.25, 0.3) is 27.8 Å². The third-order valence-electron chi connectivity index (χ3n) is 6.11. The van der Waals surface area contributed by atoms with Crippen LogP contribution < -0.4 is 10.6 Å². The second kappa shape index (κ2) is 6.66. The highest BCUT2D eigenvalue weighted by Gasteiger charge is 2.33. The van der Waals surface area contributed by atoms with Gasteiger partial charge in [-0.1, -0.05) is 0 Å². The number of piperidine rings is 1. The van der Waals surface area contributed by atoms with Crippen LogP contribution in [0.15, 0.2) is 48.9 Å². The number of nitrogens with one attached hydrogen (secondary N) is 3. The van der Waals surface area contributed by atoms with E-state index in [1.54, 1.807) is 6.20 Å². The van der Waals surface area contributed by atoms with Gasteiger partial charge in [-0.25, -0.2) is 4.68 Å². The van der Waals surface area contributed by atoms with Crippen LogP contribution >= 0.6 is 0 Å². The Balaban J connectivity index is 1.27. The zero-order valence-corrected chi connectivity index (χ0v) is 15.9. The number of hydrogen-bond acceptors (Lipinski definition) is 6. The molecule has 0 radical (unpaired) electrons. The van der Waals surface area contributed by atoms with Crippen molar-refractivity contribution in [3.63, 3.8) is 0 Å². The first-order valence-electron chi connectivity index (χ1n) is 10.2. The van der Waals surface area contributed by atoms with Crippen LogP contribution in [0.2, 0.25) is 0 Å². The Morgan fingerprint density at radius 1 is 1.03 bits per heavy atom. The van der Waals surface area contributed by atoms with Gasteiger partial charge in [0.2, 0.25) is 0 Å². The van der Waals surface area contributed by atoms with E-state index in [2.05, 4.69) is 36.1 Å². The molecule has 5 heterocycles. The molecule has 0 spiro atoms. The van der Waals surface area contributed by atoms with Crippen molar-refractivity contribution >= 4 is 16.7 Å². The largest absolute Gasteiger partial charge is 0.366 e. The molecule has 2 aliphatic heterocycles. The van der Waals surface area contributed by atoms with Gasteiger partial charge < -0.3 is 10.6 Å². The summed E-state index contributed by atoms with van der Waals surface area (Å²) in [6.45, 7) is 0. The second-order valence-corrected chi connectivity index (χ2v) is 8.00. The molecule has 2 saturated heterocycles. The Morgan fingerprint density at radius 3 is 2.69 bits per heavy atom. The van der Waals surface area contributed by atoms with Gasteiger partial charge in [0.25, 0.3) is 0 Å². The first-order chi connectivity index (χ1) is 14.3. The maximum atomic E-state index is 4.49. The summed E-state index contributed by atoms with van der Waals surface area (Å²) in [5.41, 5.74) is 3.71. The topological polar surface area (TPSA) is 96.3 Å². The number of benzene rings is 1. The van der Waals surface area contributed by atoms with Gasteiger partial charge in [-0.3, -0.25) is 5.10 Å². The van der Waals surface area contributed by atoms with E-state index in [9.17, 15) is 0 Å². The van der Waals surface area contributed by atoms with E-state index in [1.165, 1.54) is 12.8 Å². The first-order valence-corrected chi connectivity index (χ1v) is 10.2. The summed E-state index contributed by atoms with van der Waals surface area (Å²) in [5, 5.41) is 28.9. The fourth-order valence-corrected chi connectivity index (χ4v) is 4.78. The third kappa shape index (κ3) is 2.96. The van der Waals surface area contributed by atoms with Crippen molar-refractivity contribution in [2.24, 2.45) is 0 Å². The number of anilines is 1. The Labute approximate surface area is 167 Å². The molecule has 2 bridgehead atoms. The maximum Gasteiger partial charge on any atom is 0.148 e. The van der Waals surface area contributed by atoms with E-state index in [0.29, 0.717) is 18.1 Å². The quantitative estimate of drug-likeness (QED) is 0.499. The summed E-state index contributed by atoms with van der Waals surface area (Å²) < 4.78 is 1.84. The van der Waals surface area contributed by atoms with Crippen molar-refractivity contribution < 1.29 is 0 Å². The summed E-state index contributed by atoms with van der Waals surface area (Å²) in [4.78, 5) is 0. The minimum Gasteiger partial charge on any atom is -0.366 e. The molecule has 3 aromatic heterocycles. The summed E-state index contributed by atoms with van der Waals surface area (Å²) in [6, 6.07) is 11.8. The van der Waals surface area contributed by atoms with Crippen molar-refractivity contribution in [1.82, 2.24) is 35.5 Å². The van der Waals surface area contributed by atoms with Crippen molar-refractivity contribution in [2.75, 3.05) is 5.32 Å². The molecule has 0 amide bonds. The lowest BCUT2D eigenvalue weighted by molar-refractivity contribution is 0.377. The van der Waals surface area contributed by atoms with E-state index in [1.807, 2.05) is 47.4 Å². The van der Waals surface area contributed by atoms with Crippen LogP contribution in [0, 0.1) is 0 Å². The van der Waals surface area contributed by atoms with Crippen LogP contribution in [0.3, 0.4) is 0 Å². The van der Waals surface area contributed by atoms with Gasteiger partial charge in [0.05, 0.1) is 23.1 Å². The maximum absolute atomic E-state index is 4.49. The Morgan fingerprint density at radius 2 is 1.93 bits per heavy atom. The standard InChI is InChI=1S/C21H22N8/c1-8-23-29(9-1)19-6-4-16(21-17(19)12-22-28-21)18-5-7-20(27-26-18)25-15-10-13-2-3-14(11-15)24-13/h1,4-9,12-15,24H,2-3,10-11H2,(H,22,28)(H,25,27)/t13-,14+,15?. The van der Waals surface area contributed by atoms with Crippen molar-refractivity contribution in [2.45, 2.75) is 43.8 Å². The van der Waals surface area contributed by atoms with Gasteiger partial charge in [-0.2, -0.15) is 10.2 Å². The molecular formula is C21H22N8. The zero-order valence-electron chi connectivity index (χ0n) is 15.9. The summed E-state index contributed by atoms with van der Waals surface area (Å²) in [7, 11) is 0. The van der Waals surface area contributed by atoms with Crippen LogP contribution in [0.4, 0.5) is 5.82 Å². The third-order valence-corrected chi connectivity index (χ3v) is 6.11. The van der Waals surface area contributed by atoms with Crippen LogP contribution in [-0.4, -0.2) is 48.3 Å². The number of nitrogens with zero attached hydrogens (tertiary/aromatic N) is 5.